The molecule has 0 saturated carbocycles. The van der Waals surface area contributed by atoms with Gasteiger partial charge in [-0.25, -0.2) is 0 Å². The zero-order chi connectivity index (χ0) is 20.7. The van der Waals surface area contributed by atoms with Crippen LogP contribution in [-0.4, -0.2) is 85.9 Å². The third-order valence-electron chi connectivity index (χ3n) is 3.74. The highest BCUT2D eigenvalue weighted by molar-refractivity contribution is 5.20. The molecule has 0 aliphatic heterocycles. The topological polar surface area (TPSA) is 64.6 Å². The van der Waals surface area contributed by atoms with Gasteiger partial charge in [-0.3, -0.25) is 0 Å². The molecule has 168 valence electrons. The Morgan fingerprint density at radius 3 is 1.28 bits per heavy atom. The highest BCUT2D eigenvalue weighted by Crippen LogP contribution is 2.07. The van der Waals surface area contributed by atoms with Gasteiger partial charge in [0.15, 0.2) is 0 Å². The summed E-state index contributed by atoms with van der Waals surface area (Å²) < 4.78 is 38.1. The van der Waals surface area contributed by atoms with Crippen LogP contribution >= 0.6 is 0 Å². The first kappa shape index (κ1) is 25.8. The van der Waals surface area contributed by atoms with Crippen molar-refractivity contribution in [2.24, 2.45) is 0 Å². The zero-order valence-electron chi connectivity index (χ0n) is 17.9. The minimum Gasteiger partial charge on any atom is -0.491 e. The summed E-state index contributed by atoms with van der Waals surface area (Å²) >= 11 is 0. The number of benzene rings is 1. The molecule has 0 fully saturated rings. The first-order valence-electron chi connectivity index (χ1n) is 10.6. The van der Waals surface area contributed by atoms with Crippen LogP contribution in [0, 0.1) is 0 Å². The fourth-order valence-electron chi connectivity index (χ4n) is 2.18. The third kappa shape index (κ3) is 18.5. The molecule has 7 nitrogen and oxygen atoms in total. The predicted octanol–water partition coefficient (Wildman–Crippen LogP) is 2.97. The lowest BCUT2D eigenvalue weighted by Gasteiger charge is -2.08. The van der Waals surface area contributed by atoms with Crippen LogP contribution in [0.1, 0.15) is 19.8 Å². The van der Waals surface area contributed by atoms with Gasteiger partial charge in [0, 0.05) is 6.61 Å². The molecule has 1 rings (SSSR count). The van der Waals surface area contributed by atoms with E-state index < -0.39 is 0 Å². The maximum absolute atomic E-state index is 5.53. The molecule has 7 heteroatoms. The first-order chi connectivity index (χ1) is 14.4. The van der Waals surface area contributed by atoms with Crippen LogP contribution in [0.5, 0.6) is 5.75 Å². The Morgan fingerprint density at radius 1 is 0.483 bits per heavy atom. The van der Waals surface area contributed by atoms with Gasteiger partial charge in [0.25, 0.3) is 0 Å². The summed E-state index contributed by atoms with van der Waals surface area (Å²) in [6, 6.07) is 9.70. The quantitative estimate of drug-likeness (QED) is 0.270. The van der Waals surface area contributed by atoms with Gasteiger partial charge in [-0.05, 0) is 18.6 Å². The molecule has 0 amide bonds. The minimum absolute atomic E-state index is 0.533. The SMILES string of the molecule is CCCCOCCOCCOCCOCCOCCOCCOc1ccccc1. The number of hydrogen-bond donors (Lipinski definition) is 0. The number of hydrogen-bond acceptors (Lipinski definition) is 7. The van der Waals surface area contributed by atoms with E-state index in [4.69, 9.17) is 33.2 Å². The third-order valence-corrected chi connectivity index (χ3v) is 3.74. The fraction of sp³-hybridized carbons (Fsp3) is 0.727. The predicted molar refractivity (Wildman–Crippen MR) is 112 cm³/mol. The number of rotatable bonds is 22. The van der Waals surface area contributed by atoms with Crippen LogP contribution in [-0.2, 0) is 28.4 Å². The molecule has 0 N–H and O–H groups in total. The van der Waals surface area contributed by atoms with Crippen LogP contribution < -0.4 is 4.74 Å². The van der Waals surface area contributed by atoms with E-state index in [0.717, 1.165) is 25.2 Å². The number of para-hydroxylation sites is 1. The standard InChI is InChI=1S/C22H38O7/c1-2-3-9-23-10-11-24-12-13-25-14-15-26-16-17-27-18-19-28-20-21-29-22-7-5-4-6-8-22/h4-8H,2-3,9-21H2,1H3. The molecule has 0 aliphatic rings. The summed E-state index contributed by atoms with van der Waals surface area (Å²) in [7, 11) is 0. The summed E-state index contributed by atoms with van der Waals surface area (Å²) in [6.07, 6.45) is 2.26. The maximum Gasteiger partial charge on any atom is 0.119 e. The minimum atomic E-state index is 0.533. The fourth-order valence-corrected chi connectivity index (χ4v) is 2.18. The van der Waals surface area contributed by atoms with Crippen LogP contribution in [0.2, 0.25) is 0 Å². The number of unbranched alkanes of at least 4 members (excludes halogenated alkanes) is 1. The van der Waals surface area contributed by atoms with E-state index in [1.165, 1.54) is 0 Å². The lowest BCUT2D eigenvalue weighted by atomic mass is 10.3. The van der Waals surface area contributed by atoms with E-state index in [9.17, 15) is 0 Å². The van der Waals surface area contributed by atoms with Crippen LogP contribution in [0.4, 0.5) is 0 Å². The van der Waals surface area contributed by atoms with Gasteiger partial charge in [-0.15, -0.1) is 0 Å². The molecule has 0 radical (unpaired) electrons. The van der Waals surface area contributed by atoms with Crippen molar-refractivity contribution in [1.29, 1.82) is 0 Å². The van der Waals surface area contributed by atoms with E-state index >= 15 is 0 Å². The average molecular weight is 415 g/mol. The zero-order valence-corrected chi connectivity index (χ0v) is 17.9. The highest BCUT2D eigenvalue weighted by Gasteiger charge is 1.95. The summed E-state index contributed by atoms with van der Waals surface area (Å²) in [4.78, 5) is 0. The molecule has 0 heterocycles. The molecular formula is C22H38O7. The van der Waals surface area contributed by atoms with Gasteiger partial charge < -0.3 is 33.2 Å². The van der Waals surface area contributed by atoms with Crippen LogP contribution in [0.3, 0.4) is 0 Å². The van der Waals surface area contributed by atoms with E-state index in [2.05, 4.69) is 6.92 Å². The Hall–Kier alpha value is -1.22. The van der Waals surface area contributed by atoms with E-state index in [0.29, 0.717) is 79.3 Å². The second kappa shape index (κ2) is 21.5. The van der Waals surface area contributed by atoms with Crippen molar-refractivity contribution < 1.29 is 33.2 Å². The molecule has 1 aromatic carbocycles. The summed E-state index contributed by atoms with van der Waals surface area (Å²) in [6.45, 7) is 9.75. The summed E-state index contributed by atoms with van der Waals surface area (Å²) in [5.41, 5.74) is 0. The Morgan fingerprint density at radius 2 is 0.862 bits per heavy atom. The average Bonchev–Trinajstić information content (AvgIpc) is 2.75. The molecule has 0 unspecified atom stereocenters. The molecule has 1 aromatic rings. The largest absolute Gasteiger partial charge is 0.491 e. The molecule has 0 saturated heterocycles. The maximum atomic E-state index is 5.53. The van der Waals surface area contributed by atoms with Crippen LogP contribution in [0.25, 0.3) is 0 Å². The van der Waals surface area contributed by atoms with Crippen molar-refractivity contribution in [3.63, 3.8) is 0 Å². The Bertz CT molecular complexity index is 430. The lowest BCUT2D eigenvalue weighted by molar-refractivity contribution is -0.0178. The Balaban J connectivity index is 1.66. The molecule has 0 bridgehead atoms. The van der Waals surface area contributed by atoms with Gasteiger partial charge in [-0.1, -0.05) is 31.5 Å². The highest BCUT2D eigenvalue weighted by atomic mass is 16.6. The number of ether oxygens (including phenoxy) is 7. The Kier molecular flexibility index (Phi) is 19.1. The van der Waals surface area contributed by atoms with Crippen LogP contribution in [0.15, 0.2) is 30.3 Å². The van der Waals surface area contributed by atoms with Crippen molar-refractivity contribution in [2.45, 2.75) is 19.8 Å². The summed E-state index contributed by atoms with van der Waals surface area (Å²) in [5.74, 6) is 0.855. The van der Waals surface area contributed by atoms with Gasteiger partial charge in [0.1, 0.15) is 12.4 Å². The molecule has 0 aromatic heterocycles. The van der Waals surface area contributed by atoms with Gasteiger partial charge in [-0.2, -0.15) is 0 Å². The van der Waals surface area contributed by atoms with E-state index in [1.807, 2.05) is 30.3 Å². The van der Waals surface area contributed by atoms with Gasteiger partial charge >= 0.3 is 0 Å². The molecule has 0 atom stereocenters. The lowest BCUT2D eigenvalue weighted by Crippen LogP contribution is -2.14. The van der Waals surface area contributed by atoms with E-state index in [1.54, 1.807) is 0 Å². The van der Waals surface area contributed by atoms with Crippen molar-refractivity contribution >= 4 is 0 Å². The molecular weight excluding hydrogens is 376 g/mol. The van der Waals surface area contributed by atoms with Gasteiger partial charge in [0.05, 0.1) is 72.7 Å². The first-order valence-corrected chi connectivity index (χ1v) is 10.6. The smallest absolute Gasteiger partial charge is 0.119 e. The van der Waals surface area contributed by atoms with E-state index in [-0.39, 0.29) is 0 Å². The van der Waals surface area contributed by atoms with Crippen molar-refractivity contribution in [3.8, 4) is 5.75 Å². The van der Waals surface area contributed by atoms with Crippen molar-refractivity contribution in [2.75, 3.05) is 85.9 Å². The summed E-state index contributed by atoms with van der Waals surface area (Å²) in [5, 5.41) is 0. The van der Waals surface area contributed by atoms with Crippen molar-refractivity contribution in [3.05, 3.63) is 30.3 Å². The molecule has 29 heavy (non-hydrogen) atoms. The Labute approximate surface area is 175 Å². The molecule has 0 aliphatic carbocycles. The second-order valence-electron chi connectivity index (χ2n) is 6.19. The molecule has 0 spiro atoms. The second-order valence-corrected chi connectivity index (χ2v) is 6.19. The normalized spacial score (nSPS) is 11.1. The van der Waals surface area contributed by atoms with Gasteiger partial charge in [0.2, 0.25) is 0 Å². The van der Waals surface area contributed by atoms with Crippen molar-refractivity contribution in [1.82, 2.24) is 0 Å². The monoisotopic (exact) mass is 414 g/mol.